The summed E-state index contributed by atoms with van der Waals surface area (Å²) in [5, 5.41) is 2.84. The van der Waals surface area contributed by atoms with Crippen molar-refractivity contribution in [2.24, 2.45) is 11.3 Å². The number of para-hydroxylation sites is 1. The van der Waals surface area contributed by atoms with Crippen LogP contribution in [0.25, 0.3) is 0 Å². The molecule has 2 aliphatic carbocycles. The molecule has 0 radical (unpaired) electrons. The second-order valence-corrected chi connectivity index (χ2v) is 9.82. The van der Waals surface area contributed by atoms with E-state index in [9.17, 15) is 8.78 Å². The number of aldehydes is 1. The van der Waals surface area contributed by atoms with Crippen molar-refractivity contribution in [1.29, 1.82) is 0 Å². The molecular weight excluding hydrogens is 488 g/mol. The van der Waals surface area contributed by atoms with Crippen LogP contribution in [0.4, 0.5) is 14.5 Å². The highest BCUT2D eigenvalue weighted by Crippen LogP contribution is 2.53. The molecule has 0 spiro atoms. The van der Waals surface area contributed by atoms with Gasteiger partial charge < -0.3 is 10.1 Å². The van der Waals surface area contributed by atoms with Crippen molar-refractivity contribution >= 4 is 12.0 Å². The van der Waals surface area contributed by atoms with Crippen LogP contribution >= 0.6 is 0 Å². The lowest BCUT2D eigenvalue weighted by atomic mass is 9.69. The Morgan fingerprint density at radius 2 is 1.64 bits per heavy atom. The first-order chi connectivity index (χ1) is 18.6. The molecule has 2 atom stereocenters. The smallest absolute Gasteiger partial charge is 0.146 e. The maximum atomic E-state index is 13.0. The maximum absolute atomic E-state index is 13.0. The van der Waals surface area contributed by atoms with Gasteiger partial charge in [0, 0.05) is 7.05 Å². The molecule has 2 aromatic carbocycles. The molecule has 0 saturated heterocycles. The fourth-order valence-electron chi connectivity index (χ4n) is 4.77. The zero-order chi connectivity index (χ0) is 30.0. The third-order valence-electron chi connectivity index (χ3n) is 7.23. The molecule has 2 aliphatic rings. The summed E-state index contributed by atoms with van der Waals surface area (Å²) in [6.45, 7) is 18.6. The van der Waals surface area contributed by atoms with Crippen molar-refractivity contribution < 1.29 is 13.6 Å². The number of aryl methyl sites for hydroxylation is 2. The number of hydrogen-bond donors (Lipinski definition) is 1. The average molecular weight is 540 g/mol. The predicted molar refractivity (Wildman–Crippen MR) is 166 cm³/mol. The van der Waals surface area contributed by atoms with Gasteiger partial charge in [0.25, 0.3) is 0 Å². The fraction of sp³-hybridized carbons (Fsp3) is 0.457. The van der Waals surface area contributed by atoms with E-state index in [1.165, 1.54) is 55.5 Å². The lowest BCUT2D eigenvalue weighted by molar-refractivity contribution is -0.106. The highest BCUT2D eigenvalue weighted by Gasteiger charge is 2.41. The van der Waals surface area contributed by atoms with E-state index in [4.69, 9.17) is 4.79 Å². The van der Waals surface area contributed by atoms with Crippen molar-refractivity contribution in [1.82, 2.24) is 0 Å². The summed E-state index contributed by atoms with van der Waals surface area (Å²) in [5.74, 6) is 0.500. The molecule has 0 amide bonds. The number of halogens is 2. The summed E-state index contributed by atoms with van der Waals surface area (Å²) < 4.78 is 25.1. The number of rotatable bonds is 3. The third kappa shape index (κ3) is 11.3. The fourth-order valence-corrected chi connectivity index (χ4v) is 4.77. The van der Waals surface area contributed by atoms with Crippen molar-refractivity contribution in [3.63, 3.8) is 0 Å². The Balaban J connectivity index is 0.000000532. The molecule has 1 N–H and O–H groups in total. The Kier molecular flexibility index (Phi) is 17.6. The van der Waals surface area contributed by atoms with Gasteiger partial charge in [0.1, 0.15) is 17.9 Å². The predicted octanol–water partition coefficient (Wildman–Crippen LogP) is 10.4. The van der Waals surface area contributed by atoms with E-state index in [1.54, 1.807) is 30.8 Å². The Labute approximate surface area is 237 Å². The van der Waals surface area contributed by atoms with Gasteiger partial charge in [-0.1, -0.05) is 88.2 Å². The van der Waals surface area contributed by atoms with E-state index >= 15 is 0 Å². The van der Waals surface area contributed by atoms with Crippen LogP contribution in [-0.4, -0.2) is 13.3 Å². The van der Waals surface area contributed by atoms with Gasteiger partial charge in [0.05, 0.1) is 5.69 Å². The largest absolute Gasteiger partial charge is 0.386 e. The van der Waals surface area contributed by atoms with Crippen LogP contribution in [0.3, 0.4) is 0 Å². The minimum absolute atomic E-state index is 0.171. The summed E-state index contributed by atoms with van der Waals surface area (Å²) in [6, 6.07) is 11.5. The first-order valence-electron chi connectivity index (χ1n) is 14.2. The second-order valence-electron chi connectivity index (χ2n) is 9.82. The minimum Gasteiger partial charge on any atom is -0.386 e. The Morgan fingerprint density at radius 1 is 1.05 bits per heavy atom. The van der Waals surface area contributed by atoms with Crippen LogP contribution in [0, 0.1) is 29.9 Å². The topological polar surface area (TPSA) is 29.1 Å². The Bertz CT molecular complexity index is 1060. The summed E-state index contributed by atoms with van der Waals surface area (Å²) >= 11 is 0. The van der Waals surface area contributed by atoms with E-state index in [2.05, 4.69) is 51.2 Å². The summed E-state index contributed by atoms with van der Waals surface area (Å²) in [7, 11) is 1.73. The van der Waals surface area contributed by atoms with E-state index in [0.717, 1.165) is 29.8 Å². The number of carbonyl (C=O) groups excluding carboxylic acids is 1. The number of carbonyl (C=O) groups is 1. The third-order valence-corrected chi connectivity index (χ3v) is 7.23. The van der Waals surface area contributed by atoms with Gasteiger partial charge in [-0.3, -0.25) is 0 Å². The van der Waals surface area contributed by atoms with Crippen LogP contribution in [0.1, 0.15) is 85.8 Å². The first kappa shape index (κ1) is 36.0. The zero-order valence-electron chi connectivity index (χ0n) is 25.9. The number of nitrogens with one attached hydrogen (secondary N) is 1. The quantitative estimate of drug-likeness (QED) is 0.393. The average Bonchev–Trinajstić information content (AvgIpc) is 3.21. The molecule has 0 aliphatic heterocycles. The highest BCUT2D eigenvalue weighted by atomic mass is 19.1. The van der Waals surface area contributed by atoms with Crippen molar-refractivity contribution in [2.45, 2.75) is 88.0 Å². The molecule has 4 rings (SSSR count). The molecule has 0 heterocycles. The molecule has 216 valence electrons. The molecule has 1 saturated carbocycles. The van der Waals surface area contributed by atoms with Gasteiger partial charge in [-0.15, -0.1) is 0 Å². The van der Waals surface area contributed by atoms with E-state index in [-0.39, 0.29) is 11.6 Å². The second kappa shape index (κ2) is 19.1. The molecule has 4 heteroatoms. The number of anilines is 1. The van der Waals surface area contributed by atoms with Crippen LogP contribution in [-0.2, 0) is 11.2 Å². The Morgan fingerprint density at radius 3 is 2.10 bits per heavy atom. The molecule has 2 aromatic rings. The molecule has 2 unspecified atom stereocenters. The standard InChI is InChI=1S/C15H22.C9H12FN.C7H7F.C2H4O.C2H6/c1-5-6-13-10-15(4)12(3)7-8-14(15)9-11(13)2;1-3-7-5-4-6-8(10)9(7)11-2;1-6-2-4-7(8)5-3-6;1-2-3;1-2/h5-6,9,12H,7-8,10H2,1-4H3;4-6,11H,3H2,1-2H3;2-5H,1H3;2H,1H3;1-2H3/b6-5-;;;;. The molecule has 1 fully saturated rings. The minimum atomic E-state index is -0.174. The van der Waals surface area contributed by atoms with E-state index in [0.29, 0.717) is 11.1 Å². The van der Waals surface area contributed by atoms with Gasteiger partial charge in [-0.2, -0.15) is 0 Å². The molecule has 0 bridgehead atoms. The van der Waals surface area contributed by atoms with Gasteiger partial charge in [0.2, 0.25) is 0 Å². The van der Waals surface area contributed by atoms with Crippen LogP contribution < -0.4 is 5.32 Å². The molecule has 0 aromatic heterocycles. The monoisotopic (exact) mass is 539 g/mol. The van der Waals surface area contributed by atoms with Crippen molar-refractivity contribution in [3.05, 3.63) is 100 Å². The van der Waals surface area contributed by atoms with Gasteiger partial charge in [-0.25, -0.2) is 8.78 Å². The van der Waals surface area contributed by atoms with Crippen LogP contribution in [0.15, 0.2) is 77.4 Å². The lowest BCUT2D eigenvalue weighted by Gasteiger charge is -2.35. The van der Waals surface area contributed by atoms with E-state index < -0.39 is 0 Å². The molecule has 2 nitrogen and oxygen atoms in total. The molecular formula is C35H51F2NO. The van der Waals surface area contributed by atoms with Crippen molar-refractivity contribution in [3.8, 4) is 0 Å². The summed E-state index contributed by atoms with van der Waals surface area (Å²) in [5.41, 5.74) is 7.90. The number of benzene rings is 2. The van der Waals surface area contributed by atoms with Gasteiger partial charge in [0.15, 0.2) is 0 Å². The van der Waals surface area contributed by atoms with Crippen molar-refractivity contribution in [2.75, 3.05) is 12.4 Å². The number of fused-ring (bicyclic) bond motifs is 1. The summed E-state index contributed by atoms with van der Waals surface area (Å²) in [6.07, 6.45) is 12.4. The zero-order valence-corrected chi connectivity index (χ0v) is 25.9. The van der Waals surface area contributed by atoms with Gasteiger partial charge >= 0.3 is 0 Å². The molecule has 39 heavy (non-hydrogen) atoms. The van der Waals surface area contributed by atoms with Crippen LogP contribution in [0.5, 0.6) is 0 Å². The Hall–Kier alpha value is -3.01. The SMILES string of the molecule is C/C=C\C1=C(C)C=C2CCC(C)C2(C)C1.CC.CC=O.CCc1cccc(F)c1NC.Cc1ccc(F)cc1. The first-order valence-corrected chi connectivity index (χ1v) is 14.2. The normalized spacial score (nSPS) is 19.0. The summed E-state index contributed by atoms with van der Waals surface area (Å²) in [4.78, 5) is 8.81. The number of hydrogen-bond acceptors (Lipinski definition) is 2. The van der Waals surface area contributed by atoms with E-state index in [1.807, 2.05) is 33.8 Å². The van der Waals surface area contributed by atoms with Gasteiger partial charge in [-0.05, 0) is 99.6 Å². The van der Waals surface area contributed by atoms with Crippen LogP contribution in [0.2, 0.25) is 0 Å². The highest BCUT2D eigenvalue weighted by molar-refractivity contribution is 5.51. The lowest BCUT2D eigenvalue weighted by Crippen LogP contribution is -2.24. The number of allylic oxidation sites excluding steroid dienone is 6. The maximum Gasteiger partial charge on any atom is 0.146 e.